The number of amides is 1. The lowest BCUT2D eigenvalue weighted by Crippen LogP contribution is -2.58. The summed E-state index contributed by atoms with van der Waals surface area (Å²) in [7, 11) is 0. The van der Waals surface area contributed by atoms with Crippen LogP contribution in [-0.2, 0) is 9.53 Å². The summed E-state index contributed by atoms with van der Waals surface area (Å²) in [5.74, 6) is 0.558. The molecule has 2 unspecified atom stereocenters. The molecule has 2 fully saturated rings. The number of hydrogen-bond acceptors (Lipinski definition) is 3. The molecule has 4 nitrogen and oxygen atoms in total. The van der Waals surface area contributed by atoms with Crippen molar-refractivity contribution in [2.75, 3.05) is 32.8 Å². The molecule has 0 aromatic heterocycles. The van der Waals surface area contributed by atoms with Crippen molar-refractivity contribution in [1.82, 2.24) is 10.2 Å². The minimum Gasteiger partial charge on any atom is -0.363 e. The van der Waals surface area contributed by atoms with Crippen LogP contribution in [0.4, 0.5) is 0 Å². The van der Waals surface area contributed by atoms with Gasteiger partial charge in [-0.1, -0.05) is 6.92 Å². The van der Waals surface area contributed by atoms with E-state index in [9.17, 15) is 4.79 Å². The number of carbonyl (C=O) groups is 1. The van der Waals surface area contributed by atoms with Gasteiger partial charge in [-0.15, -0.1) is 0 Å². The standard InChI is InChI=1S/C12H22N2O2/c1-3-14-6-4-5-10(7-14)12(2)9-13-11(15)8-16-12/h10H,3-9H2,1-2H3,(H,13,15). The predicted octanol–water partition coefficient (Wildman–Crippen LogP) is 0.623. The summed E-state index contributed by atoms with van der Waals surface area (Å²) < 4.78 is 5.77. The highest BCUT2D eigenvalue weighted by molar-refractivity contribution is 5.78. The molecule has 2 saturated heterocycles. The van der Waals surface area contributed by atoms with Crippen LogP contribution in [0.3, 0.4) is 0 Å². The lowest BCUT2D eigenvalue weighted by atomic mass is 9.82. The van der Waals surface area contributed by atoms with Crippen LogP contribution in [0.15, 0.2) is 0 Å². The molecule has 0 bridgehead atoms. The van der Waals surface area contributed by atoms with E-state index in [0.29, 0.717) is 12.5 Å². The molecule has 1 N–H and O–H groups in total. The van der Waals surface area contributed by atoms with Crippen LogP contribution in [0, 0.1) is 5.92 Å². The van der Waals surface area contributed by atoms with Gasteiger partial charge in [-0.2, -0.15) is 0 Å². The van der Waals surface area contributed by atoms with Crippen molar-refractivity contribution in [3.05, 3.63) is 0 Å². The van der Waals surface area contributed by atoms with E-state index in [4.69, 9.17) is 4.74 Å². The number of morpholine rings is 1. The van der Waals surface area contributed by atoms with E-state index < -0.39 is 0 Å². The summed E-state index contributed by atoms with van der Waals surface area (Å²) in [6, 6.07) is 0. The van der Waals surface area contributed by atoms with Gasteiger partial charge in [0.1, 0.15) is 6.61 Å². The maximum atomic E-state index is 11.1. The second-order valence-electron chi connectivity index (χ2n) is 5.11. The van der Waals surface area contributed by atoms with Gasteiger partial charge in [0.2, 0.25) is 5.91 Å². The summed E-state index contributed by atoms with van der Waals surface area (Å²) >= 11 is 0. The third-order valence-electron chi connectivity index (χ3n) is 3.99. The van der Waals surface area contributed by atoms with Gasteiger partial charge < -0.3 is 15.0 Å². The highest BCUT2D eigenvalue weighted by atomic mass is 16.5. The third kappa shape index (κ3) is 2.38. The largest absolute Gasteiger partial charge is 0.363 e. The number of likely N-dealkylation sites (tertiary alicyclic amines) is 1. The summed E-state index contributed by atoms with van der Waals surface area (Å²) in [4.78, 5) is 13.6. The summed E-state index contributed by atoms with van der Waals surface area (Å²) in [5.41, 5.74) is -0.165. The molecule has 0 saturated carbocycles. The van der Waals surface area contributed by atoms with Gasteiger partial charge in [0.15, 0.2) is 0 Å². The normalized spacial score (nSPS) is 37.1. The van der Waals surface area contributed by atoms with Crippen LogP contribution < -0.4 is 5.32 Å². The molecule has 2 heterocycles. The zero-order chi connectivity index (χ0) is 11.6. The maximum Gasteiger partial charge on any atom is 0.246 e. The maximum absolute atomic E-state index is 11.1. The van der Waals surface area contributed by atoms with Gasteiger partial charge in [0.25, 0.3) is 0 Å². The number of piperidine rings is 1. The summed E-state index contributed by atoms with van der Waals surface area (Å²) in [5, 5.41) is 2.92. The summed E-state index contributed by atoms with van der Waals surface area (Å²) in [6.45, 7) is 8.63. The van der Waals surface area contributed by atoms with Crippen molar-refractivity contribution in [1.29, 1.82) is 0 Å². The van der Waals surface area contributed by atoms with Crippen molar-refractivity contribution >= 4 is 5.91 Å². The molecule has 0 radical (unpaired) electrons. The van der Waals surface area contributed by atoms with E-state index in [1.165, 1.54) is 19.4 Å². The fourth-order valence-electron chi connectivity index (χ4n) is 2.71. The molecule has 0 aliphatic carbocycles. The SMILES string of the molecule is CCN1CCCC(C2(C)CNC(=O)CO2)C1. The van der Waals surface area contributed by atoms with Crippen LogP contribution in [0.25, 0.3) is 0 Å². The highest BCUT2D eigenvalue weighted by Crippen LogP contribution is 2.31. The topological polar surface area (TPSA) is 41.6 Å². The Morgan fingerprint density at radius 1 is 1.62 bits per heavy atom. The molecule has 0 spiro atoms. The zero-order valence-corrected chi connectivity index (χ0v) is 10.3. The van der Waals surface area contributed by atoms with Gasteiger partial charge in [-0.05, 0) is 32.9 Å². The van der Waals surface area contributed by atoms with E-state index in [1.54, 1.807) is 0 Å². The van der Waals surface area contributed by atoms with Crippen molar-refractivity contribution < 1.29 is 9.53 Å². The Kier molecular flexibility index (Phi) is 3.50. The lowest BCUT2D eigenvalue weighted by Gasteiger charge is -2.44. The first-order chi connectivity index (χ1) is 7.64. The molecule has 92 valence electrons. The van der Waals surface area contributed by atoms with E-state index in [-0.39, 0.29) is 18.1 Å². The van der Waals surface area contributed by atoms with Crippen LogP contribution in [0.1, 0.15) is 26.7 Å². The smallest absolute Gasteiger partial charge is 0.246 e. The molecule has 4 heteroatoms. The first kappa shape index (κ1) is 11.9. The second-order valence-corrected chi connectivity index (χ2v) is 5.11. The van der Waals surface area contributed by atoms with Gasteiger partial charge in [0, 0.05) is 19.0 Å². The average molecular weight is 226 g/mol. The number of ether oxygens (including phenoxy) is 1. The quantitative estimate of drug-likeness (QED) is 0.750. The molecule has 2 aliphatic rings. The van der Waals surface area contributed by atoms with Crippen LogP contribution in [0.2, 0.25) is 0 Å². The molecular weight excluding hydrogens is 204 g/mol. The lowest BCUT2D eigenvalue weighted by molar-refractivity contribution is -0.152. The van der Waals surface area contributed by atoms with E-state index in [1.807, 2.05) is 0 Å². The van der Waals surface area contributed by atoms with E-state index in [0.717, 1.165) is 13.1 Å². The molecule has 2 aliphatic heterocycles. The van der Waals surface area contributed by atoms with Gasteiger partial charge in [0.05, 0.1) is 5.60 Å². The minimum absolute atomic E-state index is 0.0145. The number of rotatable bonds is 2. The van der Waals surface area contributed by atoms with Crippen LogP contribution in [0.5, 0.6) is 0 Å². The molecular formula is C12H22N2O2. The fraction of sp³-hybridized carbons (Fsp3) is 0.917. The Morgan fingerprint density at radius 3 is 3.06 bits per heavy atom. The minimum atomic E-state index is -0.165. The molecule has 0 aromatic rings. The molecule has 0 aromatic carbocycles. The Labute approximate surface area is 97.3 Å². The Morgan fingerprint density at radius 2 is 2.44 bits per heavy atom. The fourth-order valence-corrected chi connectivity index (χ4v) is 2.71. The van der Waals surface area contributed by atoms with Gasteiger partial charge in [-0.25, -0.2) is 0 Å². The van der Waals surface area contributed by atoms with Crippen LogP contribution in [-0.4, -0.2) is 49.2 Å². The Bertz CT molecular complexity index is 258. The predicted molar refractivity (Wildman–Crippen MR) is 62.2 cm³/mol. The van der Waals surface area contributed by atoms with Crippen molar-refractivity contribution in [3.63, 3.8) is 0 Å². The summed E-state index contributed by atoms with van der Waals surface area (Å²) in [6.07, 6.45) is 2.45. The van der Waals surface area contributed by atoms with Gasteiger partial charge >= 0.3 is 0 Å². The third-order valence-corrected chi connectivity index (χ3v) is 3.99. The Balaban J connectivity index is 1.97. The monoisotopic (exact) mass is 226 g/mol. The number of hydrogen-bond donors (Lipinski definition) is 1. The van der Waals surface area contributed by atoms with Crippen molar-refractivity contribution in [3.8, 4) is 0 Å². The second kappa shape index (κ2) is 4.72. The zero-order valence-electron chi connectivity index (χ0n) is 10.3. The van der Waals surface area contributed by atoms with Crippen molar-refractivity contribution in [2.24, 2.45) is 5.92 Å². The number of nitrogens with one attached hydrogen (secondary N) is 1. The first-order valence-electron chi connectivity index (χ1n) is 6.27. The molecule has 1 amide bonds. The van der Waals surface area contributed by atoms with Gasteiger partial charge in [-0.3, -0.25) is 4.79 Å². The molecule has 16 heavy (non-hydrogen) atoms. The molecule has 2 atom stereocenters. The number of carbonyl (C=O) groups excluding carboxylic acids is 1. The van der Waals surface area contributed by atoms with Crippen molar-refractivity contribution in [2.45, 2.75) is 32.3 Å². The van der Waals surface area contributed by atoms with E-state index in [2.05, 4.69) is 24.1 Å². The number of nitrogens with zero attached hydrogens (tertiary/aromatic N) is 1. The first-order valence-corrected chi connectivity index (χ1v) is 6.27. The van der Waals surface area contributed by atoms with Crippen LogP contribution >= 0.6 is 0 Å². The average Bonchev–Trinajstić information content (AvgIpc) is 2.33. The molecule has 2 rings (SSSR count). The van der Waals surface area contributed by atoms with E-state index >= 15 is 0 Å². The Hall–Kier alpha value is -0.610. The highest BCUT2D eigenvalue weighted by Gasteiger charge is 2.40.